The molecule has 4 heteroatoms. The Morgan fingerprint density at radius 1 is 1.14 bits per heavy atom. The molecule has 0 aromatic carbocycles. The molecule has 1 heterocycles. The Morgan fingerprint density at radius 2 is 1.86 bits per heavy atom. The van der Waals surface area contributed by atoms with Gasteiger partial charge in [-0.1, -0.05) is 44.7 Å². The van der Waals surface area contributed by atoms with Crippen LogP contribution in [0.2, 0.25) is 0 Å². The summed E-state index contributed by atoms with van der Waals surface area (Å²) in [5.74, 6) is 1.37. The van der Waals surface area contributed by atoms with Gasteiger partial charge in [0.15, 0.2) is 6.29 Å². The van der Waals surface area contributed by atoms with Gasteiger partial charge < -0.3 is 0 Å². The minimum absolute atomic E-state index is 0.481. The SMILES string of the molecule is CCCCC1CCC(c2c(C=O)nnn2CCCC)CC1. The normalized spacial score (nSPS) is 22.4. The van der Waals surface area contributed by atoms with E-state index < -0.39 is 0 Å². The van der Waals surface area contributed by atoms with E-state index in [0.29, 0.717) is 11.6 Å². The number of hydrogen-bond acceptors (Lipinski definition) is 3. The van der Waals surface area contributed by atoms with Gasteiger partial charge in [0.25, 0.3) is 0 Å². The number of nitrogens with zero attached hydrogens (tertiary/aromatic N) is 3. The van der Waals surface area contributed by atoms with Crippen molar-refractivity contribution in [2.75, 3.05) is 0 Å². The Hall–Kier alpha value is -1.19. The van der Waals surface area contributed by atoms with Crippen LogP contribution in [0.15, 0.2) is 0 Å². The van der Waals surface area contributed by atoms with E-state index in [9.17, 15) is 4.79 Å². The van der Waals surface area contributed by atoms with Crippen LogP contribution < -0.4 is 0 Å². The van der Waals surface area contributed by atoms with Crippen LogP contribution in [-0.2, 0) is 6.54 Å². The van der Waals surface area contributed by atoms with Gasteiger partial charge in [0.1, 0.15) is 5.69 Å². The minimum atomic E-state index is 0.481. The van der Waals surface area contributed by atoms with Crippen LogP contribution in [0.25, 0.3) is 0 Å². The lowest BCUT2D eigenvalue weighted by Crippen LogP contribution is -2.18. The molecule has 1 fully saturated rings. The number of carbonyl (C=O) groups excluding carboxylic acids is 1. The molecule has 4 nitrogen and oxygen atoms in total. The van der Waals surface area contributed by atoms with Crippen molar-refractivity contribution in [3.63, 3.8) is 0 Å². The average Bonchev–Trinajstić information content (AvgIpc) is 2.94. The first kappa shape index (κ1) is 16.2. The highest BCUT2D eigenvalue weighted by Crippen LogP contribution is 2.38. The summed E-state index contributed by atoms with van der Waals surface area (Å²) in [6, 6.07) is 0. The maximum Gasteiger partial charge on any atom is 0.172 e. The third kappa shape index (κ3) is 4.14. The van der Waals surface area contributed by atoms with Crippen LogP contribution in [0, 0.1) is 5.92 Å². The van der Waals surface area contributed by atoms with Gasteiger partial charge in [0, 0.05) is 12.5 Å². The van der Waals surface area contributed by atoms with Crippen molar-refractivity contribution in [1.82, 2.24) is 15.0 Å². The van der Waals surface area contributed by atoms with Crippen LogP contribution in [-0.4, -0.2) is 21.3 Å². The highest BCUT2D eigenvalue weighted by Gasteiger charge is 2.27. The van der Waals surface area contributed by atoms with E-state index in [4.69, 9.17) is 0 Å². The molecule has 0 aliphatic heterocycles. The van der Waals surface area contributed by atoms with Gasteiger partial charge in [-0.25, -0.2) is 4.68 Å². The summed E-state index contributed by atoms with van der Waals surface area (Å²) >= 11 is 0. The lowest BCUT2D eigenvalue weighted by Gasteiger charge is -2.29. The van der Waals surface area contributed by atoms with Gasteiger partial charge in [-0.05, 0) is 38.0 Å². The van der Waals surface area contributed by atoms with Crippen molar-refractivity contribution in [2.24, 2.45) is 5.92 Å². The number of aldehydes is 1. The Kier molecular flexibility index (Phi) is 6.40. The minimum Gasteiger partial charge on any atom is -0.296 e. The first-order valence-corrected chi connectivity index (χ1v) is 8.68. The van der Waals surface area contributed by atoms with Crippen molar-refractivity contribution >= 4 is 6.29 Å². The molecule has 0 spiro atoms. The quantitative estimate of drug-likeness (QED) is 0.669. The van der Waals surface area contributed by atoms with Crippen molar-refractivity contribution < 1.29 is 4.79 Å². The van der Waals surface area contributed by atoms with E-state index >= 15 is 0 Å². The Labute approximate surface area is 128 Å². The number of hydrogen-bond donors (Lipinski definition) is 0. The molecule has 21 heavy (non-hydrogen) atoms. The first-order valence-electron chi connectivity index (χ1n) is 8.68. The van der Waals surface area contributed by atoms with Gasteiger partial charge in [0.2, 0.25) is 0 Å². The average molecular weight is 291 g/mol. The van der Waals surface area contributed by atoms with Crippen LogP contribution in [0.5, 0.6) is 0 Å². The summed E-state index contributed by atoms with van der Waals surface area (Å²) in [5, 5.41) is 8.28. The summed E-state index contributed by atoms with van der Waals surface area (Å²) in [4.78, 5) is 11.2. The highest BCUT2D eigenvalue weighted by atomic mass is 16.1. The first-order chi connectivity index (χ1) is 10.3. The van der Waals surface area contributed by atoms with E-state index in [0.717, 1.165) is 37.3 Å². The molecule has 0 amide bonds. The standard InChI is InChI=1S/C17H29N3O/c1-3-5-7-14-8-10-15(11-9-14)17-16(13-21)18-19-20(17)12-6-4-2/h13-15H,3-12H2,1-2H3. The molecule has 0 unspecified atom stereocenters. The maximum absolute atomic E-state index is 11.2. The van der Waals surface area contributed by atoms with E-state index in [2.05, 4.69) is 24.2 Å². The van der Waals surface area contributed by atoms with Crippen molar-refractivity contribution in [3.05, 3.63) is 11.4 Å². The lowest BCUT2D eigenvalue weighted by molar-refractivity contribution is 0.111. The van der Waals surface area contributed by atoms with Gasteiger partial charge in [-0.3, -0.25) is 4.79 Å². The zero-order valence-corrected chi connectivity index (χ0v) is 13.6. The van der Waals surface area contributed by atoms with Crippen molar-refractivity contribution in [2.45, 2.75) is 84.1 Å². The summed E-state index contributed by atoms with van der Waals surface area (Å²) in [7, 11) is 0. The molecule has 1 aliphatic rings. The predicted octanol–water partition coefficient (Wildman–Crippen LogP) is 4.35. The van der Waals surface area contributed by atoms with Crippen molar-refractivity contribution in [1.29, 1.82) is 0 Å². The molecule has 1 aliphatic carbocycles. The molecule has 0 N–H and O–H groups in total. The smallest absolute Gasteiger partial charge is 0.172 e. The number of aryl methyl sites for hydroxylation is 1. The second kappa shape index (κ2) is 8.30. The fraction of sp³-hybridized carbons (Fsp3) is 0.824. The number of rotatable bonds is 8. The maximum atomic E-state index is 11.2. The topological polar surface area (TPSA) is 47.8 Å². The number of unbranched alkanes of at least 4 members (excludes halogenated alkanes) is 2. The molecular formula is C17H29N3O. The summed E-state index contributed by atoms with van der Waals surface area (Å²) in [5.41, 5.74) is 1.68. The molecular weight excluding hydrogens is 262 g/mol. The van der Waals surface area contributed by atoms with Gasteiger partial charge in [-0.2, -0.15) is 0 Å². The molecule has 1 aromatic rings. The van der Waals surface area contributed by atoms with E-state index in [1.54, 1.807) is 0 Å². The molecule has 1 saturated carbocycles. The highest BCUT2D eigenvalue weighted by molar-refractivity contribution is 5.73. The molecule has 0 atom stereocenters. The van der Waals surface area contributed by atoms with Gasteiger partial charge >= 0.3 is 0 Å². The summed E-state index contributed by atoms with van der Waals surface area (Å²) < 4.78 is 1.99. The Balaban J connectivity index is 2.01. The second-order valence-electron chi connectivity index (χ2n) is 6.41. The summed E-state index contributed by atoms with van der Waals surface area (Å²) in [6.07, 6.45) is 12.1. The third-order valence-electron chi connectivity index (χ3n) is 4.84. The van der Waals surface area contributed by atoms with E-state index in [-0.39, 0.29) is 0 Å². The zero-order valence-electron chi connectivity index (χ0n) is 13.6. The molecule has 1 aromatic heterocycles. The molecule has 2 rings (SSSR count). The fourth-order valence-electron chi connectivity index (χ4n) is 3.53. The summed E-state index contributed by atoms with van der Waals surface area (Å²) in [6.45, 7) is 5.33. The predicted molar refractivity (Wildman–Crippen MR) is 84.5 cm³/mol. The van der Waals surface area contributed by atoms with Crippen LogP contribution >= 0.6 is 0 Å². The van der Waals surface area contributed by atoms with Gasteiger partial charge in [0.05, 0.1) is 5.69 Å². The third-order valence-corrected chi connectivity index (χ3v) is 4.84. The molecule has 0 radical (unpaired) electrons. The molecule has 0 saturated heterocycles. The lowest BCUT2D eigenvalue weighted by atomic mass is 9.78. The number of aromatic nitrogens is 3. The van der Waals surface area contributed by atoms with E-state index in [1.165, 1.54) is 44.9 Å². The van der Waals surface area contributed by atoms with Crippen LogP contribution in [0.3, 0.4) is 0 Å². The van der Waals surface area contributed by atoms with Gasteiger partial charge in [-0.15, -0.1) is 5.10 Å². The number of carbonyl (C=O) groups is 1. The zero-order chi connectivity index (χ0) is 15.1. The Morgan fingerprint density at radius 3 is 2.48 bits per heavy atom. The van der Waals surface area contributed by atoms with E-state index in [1.807, 2.05) is 4.68 Å². The van der Waals surface area contributed by atoms with Crippen LogP contribution in [0.4, 0.5) is 0 Å². The monoisotopic (exact) mass is 291 g/mol. The van der Waals surface area contributed by atoms with Crippen LogP contribution in [0.1, 0.15) is 93.7 Å². The Bertz CT molecular complexity index is 433. The molecule has 118 valence electrons. The van der Waals surface area contributed by atoms with Crippen molar-refractivity contribution in [3.8, 4) is 0 Å². The largest absolute Gasteiger partial charge is 0.296 e. The second-order valence-corrected chi connectivity index (χ2v) is 6.41. The molecule has 0 bridgehead atoms. The fourth-order valence-corrected chi connectivity index (χ4v) is 3.53.